The SMILES string of the molecule is CN=C(NCc1ccccc1CN1CCOCC1)NCC1(Cc2ccccc2)CC1.I. The third kappa shape index (κ3) is 7.19. The van der Waals surface area contributed by atoms with E-state index in [1.54, 1.807) is 0 Å². The lowest BCUT2D eigenvalue weighted by atomic mass is 9.96. The quantitative estimate of drug-likeness (QED) is 0.307. The summed E-state index contributed by atoms with van der Waals surface area (Å²) in [4.78, 5) is 6.92. The second kappa shape index (κ2) is 11.8. The highest BCUT2D eigenvalue weighted by Crippen LogP contribution is 2.47. The molecule has 0 bridgehead atoms. The molecule has 2 fully saturated rings. The maximum absolute atomic E-state index is 5.48. The van der Waals surface area contributed by atoms with E-state index in [0.717, 1.165) is 58.3 Å². The van der Waals surface area contributed by atoms with Crippen molar-refractivity contribution in [1.82, 2.24) is 15.5 Å². The smallest absolute Gasteiger partial charge is 0.191 e. The number of benzene rings is 2. The molecule has 2 N–H and O–H groups in total. The largest absolute Gasteiger partial charge is 0.379 e. The molecule has 5 nitrogen and oxygen atoms in total. The van der Waals surface area contributed by atoms with Gasteiger partial charge in [-0.15, -0.1) is 24.0 Å². The molecular formula is C25H35IN4O. The van der Waals surface area contributed by atoms with Crippen LogP contribution in [0.2, 0.25) is 0 Å². The Labute approximate surface area is 203 Å². The second-order valence-corrected chi connectivity index (χ2v) is 8.60. The lowest BCUT2D eigenvalue weighted by Gasteiger charge is -2.27. The molecule has 1 aliphatic heterocycles. The normalized spacial score (nSPS) is 18.2. The monoisotopic (exact) mass is 534 g/mol. The van der Waals surface area contributed by atoms with Gasteiger partial charge in [0.05, 0.1) is 13.2 Å². The van der Waals surface area contributed by atoms with Crippen molar-refractivity contribution in [2.24, 2.45) is 10.4 Å². The van der Waals surface area contributed by atoms with Gasteiger partial charge in [0.15, 0.2) is 5.96 Å². The van der Waals surface area contributed by atoms with E-state index in [9.17, 15) is 0 Å². The maximum Gasteiger partial charge on any atom is 0.191 e. The number of halogens is 1. The van der Waals surface area contributed by atoms with Crippen LogP contribution in [0.15, 0.2) is 59.6 Å². The van der Waals surface area contributed by atoms with Gasteiger partial charge in [-0.2, -0.15) is 0 Å². The third-order valence-corrected chi connectivity index (χ3v) is 6.30. The van der Waals surface area contributed by atoms with Gasteiger partial charge in [-0.25, -0.2) is 0 Å². The van der Waals surface area contributed by atoms with Crippen molar-refractivity contribution in [1.29, 1.82) is 0 Å². The second-order valence-electron chi connectivity index (χ2n) is 8.60. The first-order valence-electron chi connectivity index (χ1n) is 11.1. The summed E-state index contributed by atoms with van der Waals surface area (Å²) >= 11 is 0. The zero-order valence-electron chi connectivity index (χ0n) is 18.5. The fraction of sp³-hybridized carbons (Fsp3) is 0.480. The highest BCUT2D eigenvalue weighted by molar-refractivity contribution is 14.0. The number of morpholine rings is 1. The summed E-state index contributed by atoms with van der Waals surface area (Å²) in [6.07, 6.45) is 3.71. The third-order valence-electron chi connectivity index (χ3n) is 6.30. The molecule has 1 heterocycles. The van der Waals surface area contributed by atoms with Crippen LogP contribution in [0.1, 0.15) is 29.5 Å². The minimum atomic E-state index is 0. The van der Waals surface area contributed by atoms with Crippen LogP contribution < -0.4 is 10.6 Å². The summed E-state index contributed by atoms with van der Waals surface area (Å²) in [7, 11) is 1.85. The number of rotatable bonds is 8. The standard InChI is InChI=1S/C25H34N4O.HI/c1-26-24(28-20-25(11-12-25)17-21-7-3-2-4-8-21)27-18-22-9-5-6-10-23(22)19-29-13-15-30-16-14-29;/h2-10H,11-20H2,1H3,(H2,26,27,28);1H. The summed E-state index contributed by atoms with van der Waals surface area (Å²) in [6.45, 7) is 6.42. The average Bonchev–Trinajstić information content (AvgIpc) is 3.55. The van der Waals surface area contributed by atoms with Crippen LogP contribution in [0.4, 0.5) is 0 Å². The van der Waals surface area contributed by atoms with Gasteiger partial charge in [0.1, 0.15) is 0 Å². The van der Waals surface area contributed by atoms with Crippen molar-refractivity contribution in [3.05, 3.63) is 71.3 Å². The zero-order chi connectivity index (χ0) is 20.7. The van der Waals surface area contributed by atoms with Crippen LogP contribution >= 0.6 is 24.0 Å². The molecule has 168 valence electrons. The van der Waals surface area contributed by atoms with Crippen LogP contribution in [0.3, 0.4) is 0 Å². The Bertz CT molecular complexity index is 832. The molecule has 0 radical (unpaired) electrons. The Balaban J connectivity index is 0.00000272. The predicted octanol–water partition coefficient (Wildman–Crippen LogP) is 3.82. The Morgan fingerprint density at radius 2 is 1.65 bits per heavy atom. The summed E-state index contributed by atoms with van der Waals surface area (Å²) < 4.78 is 5.48. The molecule has 0 spiro atoms. The van der Waals surface area contributed by atoms with Gasteiger partial charge in [0.25, 0.3) is 0 Å². The summed E-state index contributed by atoms with van der Waals surface area (Å²) in [6, 6.07) is 19.5. The molecule has 2 aliphatic rings. The Morgan fingerprint density at radius 1 is 0.968 bits per heavy atom. The number of hydrogen-bond donors (Lipinski definition) is 2. The fourth-order valence-corrected chi connectivity index (χ4v) is 4.18. The molecule has 0 atom stereocenters. The lowest BCUT2D eigenvalue weighted by Crippen LogP contribution is -2.40. The van der Waals surface area contributed by atoms with Crippen LogP contribution in [-0.2, 0) is 24.2 Å². The topological polar surface area (TPSA) is 48.9 Å². The summed E-state index contributed by atoms with van der Waals surface area (Å²) in [5.74, 6) is 0.885. The molecule has 1 saturated heterocycles. The highest BCUT2D eigenvalue weighted by atomic mass is 127. The van der Waals surface area contributed by atoms with Gasteiger partial charge >= 0.3 is 0 Å². The van der Waals surface area contributed by atoms with E-state index >= 15 is 0 Å². The van der Waals surface area contributed by atoms with Crippen molar-refractivity contribution in [3.63, 3.8) is 0 Å². The van der Waals surface area contributed by atoms with Crippen molar-refractivity contribution in [2.75, 3.05) is 39.9 Å². The van der Waals surface area contributed by atoms with Gasteiger partial charge < -0.3 is 15.4 Å². The minimum absolute atomic E-state index is 0. The zero-order valence-corrected chi connectivity index (χ0v) is 20.8. The van der Waals surface area contributed by atoms with Crippen LogP contribution in [0, 0.1) is 5.41 Å². The first-order valence-corrected chi connectivity index (χ1v) is 11.1. The molecule has 0 aromatic heterocycles. The van der Waals surface area contributed by atoms with Crippen LogP contribution in [0.25, 0.3) is 0 Å². The summed E-state index contributed by atoms with van der Waals surface area (Å²) in [5.41, 5.74) is 4.52. The average molecular weight is 534 g/mol. The molecule has 31 heavy (non-hydrogen) atoms. The summed E-state index contributed by atoms with van der Waals surface area (Å²) in [5, 5.41) is 7.10. The first-order chi connectivity index (χ1) is 14.8. The van der Waals surface area contributed by atoms with Crippen LogP contribution in [-0.4, -0.2) is 50.8 Å². The van der Waals surface area contributed by atoms with Gasteiger partial charge in [-0.1, -0.05) is 54.6 Å². The number of guanidine groups is 1. The number of ether oxygens (including phenoxy) is 1. The highest BCUT2D eigenvalue weighted by Gasteiger charge is 2.42. The van der Waals surface area contributed by atoms with Crippen molar-refractivity contribution < 1.29 is 4.74 Å². The molecular weight excluding hydrogens is 499 g/mol. The van der Waals surface area contributed by atoms with Gasteiger partial charge in [-0.3, -0.25) is 9.89 Å². The molecule has 2 aromatic rings. The fourth-order valence-electron chi connectivity index (χ4n) is 4.18. The number of nitrogens with zero attached hydrogens (tertiary/aromatic N) is 2. The Morgan fingerprint density at radius 3 is 2.32 bits per heavy atom. The minimum Gasteiger partial charge on any atom is -0.379 e. The van der Waals surface area contributed by atoms with E-state index in [1.807, 2.05) is 7.05 Å². The van der Waals surface area contributed by atoms with Crippen molar-refractivity contribution in [3.8, 4) is 0 Å². The number of nitrogens with one attached hydrogen (secondary N) is 2. The van der Waals surface area contributed by atoms with E-state index in [-0.39, 0.29) is 24.0 Å². The van der Waals surface area contributed by atoms with Gasteiger partial charge in [0.2, 0.25) is 0 Å². The molecule has 4 rings (SSSR count). The van der Waals surface area contributed by atoms with E-state index in [4.69, 9.17) is 4.74 Å². The molecule has 6 heteroatoms. The lowest BCUT2D eigenvalue weighted by molar-refractivity contribution is 0.0341. The molecule has 1 aliphatic carbocycles. The van der Waals surface area contributed by atoms with Crippen molar-refractivity contribution >= 4 is 29.9 Å². The van der Waals surface area contributed by atoms with E-state index < -0.39 is 0 Å². The number of hydrogen-bond acceptors (Lipinski definition) is 3. The van der Waals surface area contributed by atoms with E-state index in [0.29, 0.717) is 5.41 Å². The van der Waals surface area contributed by atoms with E-state index in [2.05, 4.69) is 75.1 Å². The Kier molecular flexibility index (Phi) is 9.16. The van der Waals surface area contributed by atoms with Crippen molar-refractivity contribution in [2.45, 2.75) is 32.4 Å². The predicted molar refractivity (Wildman–Crippen MR) is 138 cm³/mol. The molecule has 2 aromatic carbocycles. The molecule has 0 amide bonds. The molecule has 0 unspecified atom stereocenters. The van der Waals surface area contributed by atoms with Gasteiger partial charge in [-0.05, 0) is 41.4 Å². The first kappa shape index (κ1) is 24.0. The van der Waals surface area contributed by atoms with Gasteiger partial charge in [0, 0.05) is 39.8 Å². The van der Waals surface area contributed by atoms with E-state index in [1.165, 1.54) is 29.5 Å². The Hall–Kier alpha value is -1.64. The van der Waals surface area contributed by atoms with Crippen LogP contribution in [0.5, 0.6) is 0 Å². The maximum atomic E-state index is 5.48. The molecule has 1 saturated carbocycles. The number of aliphatic imine (C=N–C) groups is 1.